The molecule has 0 atom stereocenters. The van der Waals surface area contributed by atoms with E-state index >= 15 is 0 Å². The van der Waals surface area contributed by atoms with Gasteiger partial charge in [0.25, 0.3) is 0 Å². The van der Waals surface area contributed by atoms with Crippen molar-refractivity contribution in [1.82, 2.24) is 0 Å². The number of benzene rings is 3. The fourth-order valence-corrected chi connectivity index (χ4v) is 9.20. The van der Waals surface area contributed by atoms with Gasteiger partial charge in [0.15, 0.2) is 0 Å². The molecule has 0 saturated heterocycles. The Morgan fingerprint density at radius 2 is 1.04 bits per heavy atom. The molecule has 0 aliphatic heterocycles. The Morgan fingerprint density at radius 1 is 0.654 bits per heavy atom. The first-order valence-electron chi connectivity index (χ1n) is 8.78. The van der Waals surface area contributed by atoms with E-state index in [2.05, 4.69) is 36.4 Å². The van der Waals surface area contributed by atoms with Crippen LogP contribution in [-0.2, 0) is 4.74 Å². The van der Waals surface area contributed by atoms with Crippen LogP contribution in [0.3, 0.4) is 0 Å². The maximum atomic E-state index is 9.06. The van der Waals surface area contributed by atoms with E-state index in [1.807, 2.05) is 54.6 Å². The summed E-state index contributed by atoms with van der Waals surface area (Å²) in [5, 5.41) is 12.5. The molecule has 3 rings (SSSR count). The van der Waals surface area contributed by atoms with Crippen molar-refractivity contribution in [1.29, 1.82) is 0 Å². The SMILES string of the molecule is OCCOCCP(Cl)(c1ccccc1)(c1ccccc1)c1ccccc1. The number of ether oxygens (including phenoxy) is 1. The Hall–Kier alpha value is -1.70. The number of halogens is 1. The van der Waals surface area contributed by atoms with Crippen molar-refractivity contribution in [3.05, 3.63) is 91.0 Å². The third-order valence-corrected chi connectivity index (χ3v) is 12.2. The summed E-state index contributed by atoms with van der Waals surface area (Å²) < 4.78 is 5.67. The van der Waals surface area contributed by atoms with E-state index in [1.165, 1.54) is 0 Å². The topological polar surface area (TPSA) is 29.5 Å². The van der Waals surface area contributed by atoms with Crippen molar-refractivity contribution in [3.63, 3.8) is 0 Å². The van der Waals surface area contributed by atoms with Crippen molar-refractivity contribution < 1.29 is 9.84 Å². The monoisotopic (exact) mass is 386 g/mol. The van der Waals surface area contributed by atoms with Crippen LogP contribution in [0.2, 0.25) is 0 Å². The van der Waals surface area contributed by atoms with Gasteiger partial charge in [0.1, 0.15) is 0 Å². The van der Waals surface area contributed by atoms with Crippen LogP contribution in [0.5, 0.6) is 0 Å². The normalized spacial score (nSPS) is 13.1. The predicted octanol–water partition coefficient (Wildman–Crippen LogP) is 3.68. The van der Waals surface area contributed by atoms with E-state index in [0.717, 1.165) is 15.9 Å². The molecule has 3 aromatic rings. The van der Waals surface area contributed by atoms with Crippen molar-refractivity contribution in [3.8, 4) is 0 Å². The molecule has 0 spiro atoms. The fraction of sp³-hybridized carbons (Fsp3) is 0.182. The molecule has 0 fully saturated rings. The molecule has 0 aliphatic rings. The van der Waals surface area contributed by atoms with Crippen LogP contribution in [0.15, 0.2) is 91.0 Å². The Kier molecular flexibility index (Phi) is 6.11. The van der Waals surface area contributed by atoms with E-state index in [1.54, 1.807) is 0 Å². The predicted molar refractivity (Wildman–Crippen MR) is 114 cm³/mol. The molecule has 0 heterocycles. The summed E-state index contributed by atoms with van der Waals surface area (Å²) in [6.07, 6.45) is 0.672. The zero-order chi connectivity index (χ0) is 18.3. The molecule has 4 heteroatoms. The van der Waals surface area contributed by atoms with Gasteiger partial charge in [0.2, 0.25) is 0 Å². The maximum absolute atomic E-state index is 9.06. The van der Waals surface area contributed by atoms with Crippen molar-refractivity contribution in [2.24, 2.45) is 0 Å². The average molecular weight is 387 g/mol. The van der Waals surface area contributed by atoms with Gasteiger partial charge in [0, 0.05) is 0 Å². The first-order chi connectivity index (χ1) is 12.7. The van der Waals surface area contributed by atoms with Gasteiger partial charge >= 0.3 is 160 Å². The van der Waals surface area contributed by atoms with Crippen LogP contribution < -0.4 is 15.9 Å². The molecular formula is C22H24ClO2P. The molecular weight excluding hydrogens is 363 g/mol. The van der Waals surface area contributed by atoms with Gasteiger partial charge in [-0.1, -0.05) is 0 Å². The van der Waals surface area contributed by atoms with E-state index in [0.29, 0.717) is 19.4 Å². The summed E-state index contributed by atoms with van der Waals surface area (Å²) in [7, 11) is 0. The van der Waals surface area contributed by atoms with E-state index < -0.39 is 5.96 Å². The van der Waals surface area contributed by atoms with Gasteiger partial charge in [-0.2, -0.15) is 0 Å². The Balaban J connectivity index is 2.24. The molecule has 26 heavy (non-hydrogen) atoms. The van der Waals surface area contributed by atoms with Crippen molar-refractivity contribution in [2.45, 2.75) is 0 Å². The van der Waals surface area contributed by atoms with Crippen LogP contribution in [0.1, 0.15) is 0 Å². The second kappa shape index (κ2) is 8.33. The number of aliphatic hydroxyl groups excluding tert-OH is 1. The molecule has 0 radical (unpaired) electrons. The molecule has 0 saturated carbocycles. The Morgan fingerprint density at radius 3 is 1.38 bits per heavy atom. The molecule has 1 N–H and O–H groups in total. The van der Waals surface area contributed by atoms with Crippen molar-refractivity contribution in [2.75, 3.05) is 26.0 Å². The van der Waals surface area contributed by atoms with E-state index in [9.17, 15) is 0 Å². The minimum atomic E-state index is -3.22. The number of aliphatic hydroxyl groups is 1. The number of rotatable bonds is 8. The third kappa shape index (κ3) is 3.43. The molecule has 3 aromatic carbocycles. The quantitative estimate of drug-likeness (QED) is 0.472. The summed E-state index contributed by atoms with van der Waals surface area (Å²) in [6.45, 7) is 0.822. The molecule has 2 nitrogen and oxygen atoms in total. The summed E-state index contributed by atoms with van der Waals surface area (Å²) in [5.74, 6) is -3.22. The van der Waals surface area contributed by atoms with Crippen LogP contribution in [0, 0.1) is 0 Å². The van der Waals surface area contributed by atoms with E-state index in [-0.39, 0.29) is 6.61 Å². The Bertz CT molecular complexity index is 710. The summed E-state index contributed by atoms with van der Waals surface area (Å²) >= 11 is 7.84. The third-order valence-electron chi connectivity index (χ3n) is 4.77. The van der Waals surface area contributed by atoms with Crippen LogP contribution >= 0.6 is 17.2 Å². The summed E-state index contributed by atoms with van der Waals surface area (Å²) in [6, 6.07) is 31.0. The first kappa shape index (κ1) is 19.1. The second-order valence-corrected chi connectivity index (χ2v) is 12.8. The molecule has 0 aliphatic carbocycles. The zero-order valence-corrected chi connectivity index (χ0v) is 16.3. The van der Waals surface area contributed by atoms with Gasteiger partial charge in [-0.05, 0) is 0 Å². The summed E-state index contributed by atoms with van der Waals surface area (Å²) in [4.78, 5) is 0. The zero-order valence-electron chi connectivity index (χ0n) is 14.7. The molecule has 0 amide bonds. The molecule has 136 valence electrons. The van der Waals surface area contributed by atoms with Gasteiger partial charge in [0.05, 0.1) is 0 Å². The molecule has 0 bridgehead atoms. The average Bonchev–Trinajstić information content (AvgIpc) is 2.73. The fourth-order valence-electron chi connectivity index (χ4n) is 3.45. The first-order valence-corrected chi connectivity index (χ1v) is 12.1. The molecule has 0 unspecified atom stereocenters. The summed E-state index contributed by atoms with van der Waals surface area (Å²) in [5.41, 5.74) is 0. The number of hydrogen-bond acceptors (Lipinski definition) is 2. The van der Waals surface area contributed by atoms with E-state index in [4.69, 9.17) is 21.1 Å². The van der Waals surface area contributed by atoms with Gasteiger partial charge in [-0.25, -0.2) is 0 Å². The van der Waals surface area contributed by atoms with Gasteiger partial charge in [-0.3, -0.25) is 0 Å². The van der Waals surface area contributed by atoms with Gasteiger partial charge < -0.3 is 0 Å². The Labute approximate surface area is 160 Å². The van der Waals surface area contributed by atoms with Crippen LogP contribution in [0.4, 0.5) is 0 Å². The van der Waals surface area contributed by atoms with Gasteiger partial charge in [-0.15, -0.1) is 0 Å². The number of hydrogen-bond donors (Lipinski definition) is 1. The molecule has 0 aromatic heterocycles. The standard InChI is InChI=1S/C22H24ClO2P/c23-26(19-18-25-17-16-24,20-10-4-1-5-11-20,21-12-6-2-7-13-21)22-14-8-3-9-15-22/h1-15,24H,16-19H2. The minimum absolute atomic E-state index is 0.0141. The second-order valence-electron chi connectivity index (χ2n) is 6.25. The van der Waals surface area contributed by atoms with Crippen molar-refractivity contribution >= 4 is 33.1 Å². The van der Waals surface area contributed by atoms with Crippen LogP contribution in [-0.4, -0.2) is 31.1 Å². The van der Waals surface area contributed by atoms with Crippen LogP contribution in [0.25, 0.3) is 0 Å².